The third-order valence-electron chi connectivity index (χ3n) is 1.78. The third kappa shape index (κ3) is 2.73. The van der Waals surface area contributed by atoms with Crippen LogP contribution in [0.4, 0.5) is 10.2 Å². The fourth-order valence-corrected chi connectivity index (χ4v) is 1.11. The van der Waals surface area contributed by atoms with Gasteiger partial charge in [-0.3, -0.25) is 0 Å². The van der Waals surface area contributed by atoms with Crippen LogP contribution in [0.25, 0.3) is 0 Å². The van der Waals surface area contributed by atoms with Gasteiger partial charge in [0.25, 0.3) is 0 Å². The first-order valence-electron chi connectivity index (χ1n) is 4.46. The highest BCUT2D eigenvalue weighted by Crippen LogP contribution is 2.03. The molecule has 0 spiro atoms. The fraction of sp³-hybridized carbons (Fsp3) is 0.222. The third-order valence-corrected chi connectivity index (χ3v) is 1.78. The molecule has 2 heterocycles. The van der Waals surface area contributed by atoms with Crippen molar-refractivity contribution in [2.75, 3.05) is 11.9 Å². The topological polar surface area (TPSA) is 63.8 Å². The van der Waals surface area contributed by atoms with Crippen molar-refractivity contribution in [3.8, 4) is 0 Å². The molecule has 2 aromatic heterocycles. The van der Waals surface area contributed by atoms with Crippen LogP contribution >= 0.6 is 0 Å². The van der Waals surface area contributed by atoms with E-state index in [1.165, 1.54) is 12.5 Å². The van der Waals surface area contributed by atoms with Gasteiger partial charge in [-0.25, -0.2) is 4.98 Å². The van der Waals surface area contributed by atoms with Crippen LogP contribution in [-0.2, 0) is 6.42 Å². The van der Waals surface area contributed by atoms with E-state index < -0.39 is 5.95 Å². The van der Waals surface area contributed by atoms with Gasteiger partial charge in [-0.2, -0.15) is 9.37 Å². The van der Waals surface area contributed by atoms with Crippen molar-refractivity contribution in [3.05, 3.63) is 36.4 Å². The van der Waals surface area contributed by atoms with Crippen LogP contribution in [0.15, 0.2) is 29.1 Å². The summed E-state index contributed by atoms with van der Waals surface area (Å²) < 4.78 is 17.2. The fourth-order valence-electron chi connectivity index (χ4n) is 1.11. The molecule has 0 fully saturated rings. The van der Waals surface area contributed by atoms with Gasteiger partial charge in [0.2, 0.25) is 12.3 Å². The Morgan fingerprint density at radius 3 is 3.07 bits per heavy atom. The zero-order valence-electron chi connectivity index (χ0n) is 7.85. The summed E-state index contributed by atoms with van der Waals surface area (Å²) in [5.74, 6) is 0.608. The predicted octanol–water partition coefficient (Wildman–Crippen LogP) is 1.26. The molecule has 0 amide bonds. The van der Waals surface area contributed by atoms with E-state index in [-0.39, 0.29) is 0 Å². The molecule has 0 saturated carbocycles. The van der Waals surface area contributed by atoms with E-state index in [1.807, 2.05) is 0 Å². The van der Waals surface area contributed by atoms with Gasteiger partial charge in [-0.05, 0) is 12.1 Å². The summed E-state index contributed by atoms with van der Waals surface area (Å²) in [4.78, 5) is 7.50. The molecule has 6 heteroatoms. The molecule has 0 aromatic carbocycles. The Morgan fingerprint density at radius 1 is 1.40 bits per heavy atom. The smallest absolute Gasteiger partial charge is 0.214 e. The molecule has 0 unspecified atom stereocenters. The summed E-state index contributed by atoms with van der Waals surface area (Å²) in [6, 6.07) is 4.59. The van der Waals surface area contributed by atoms with Crippen LogP contribution in [0, 0.1) is 5.95 Å². The molecule has 0 atom stereocenters. The number of hydrogen-bond donors (Lipinski definition) is 1. The highest BCUT2D eigenvalue weighted by molar-refractivity contribution is 5.33. The summed E-state index contributed by atoms with van der Waals surface area (Å²) in [6.07, 6.45) is 1.88. The van der Waals surface area contributed by atoms with Crippen molar-refractivity contribution >= 4 is 5.82 Å². The Morgan fingerprint density at radius 2 is 2.33 bits per heavy atom. The first kappa shape index (κ1) is 9.57. The average molecular weight is 208 g/mol. The normalized spacial score (nSPS) is 10.2. The molecule has 2 aromatic rings. The lowest BCUT2D eigenvalue weighted by Gasteiger charge is -2.02. The van der Waals surface area contributed by atoms with Crippen LogP contribution in [0.1, 0.15) is 5.82 Å². The molecule has 0 aliphatic carbocycles. The lowest BCUT2D eigenvalue weighted by molar-refractivity contribution is 0.410. The van der Waals surface area contributed by atoms with Crippen molar-refractivity contribution in [2.45, 2.75) is 6.42 Å². The van der Waals surface area contributed by atoms with Crippen molar-refractivity contribution in [3.63, 3.8) is 0 Å². The molecule has 0 aliphatic heterocycles. The molecule has 5 nitrogen and oxygen atoms in total. The van der Waals surface area contributed by atoms with Crippen LogP contribution in [0.3, 0.4) is 0 Å². The number of nitrogens with one attached hydrogen (secondary N) is 1. The second-order valence-electron chi connectivity index (χ2n) is 2.87. The quantitative estimate of drug-likeness (QED) is 0.766. The Hall–Kier alpha value is -1.98. The summed E-state index contributed by atoms with van der Waals surface area (Å²) in [7, 11) is 0. The van der Waals surface area contributed by atoms with E-state index in [2.05, 4.69) is 25.0 Å². The van der Waals surface area contributed by atoms with E-state index in [0.717, 1.165) is 0 Å². The Labute approximate surface area is 85.3 Å². The standard InChI is InChI=1S/C9H9FN4O/c10-7-2-1-3-8(13-7)11-5-4-9-12-6-15-14-9/h1-3,6H,4-5H2,(H,11,13). The molecule has 0 aliphatic rings. The van der Waals surface area contributed by atoms with Crippen LogP contribution < -0.4 is 5.32 Å². The van der Waals surface area contributed by atoms with Crippen LogP contribution in [0.2, 0.25) is 0 Å². The zero-order chi connectivity index (χ0) is 10.5. The molecule has 0 bridgehead atoms. The molecule has 78 valence electrons. The van der Waals surface area contributed by atoms with Crippen molar-refractivity contribution in [1.29, 1.82) is 0 Å². The summed E-state index contributed by atoms with van der Waals surface area (Å²) in [6.45, 7) is 0.579. The van der Waals surface area contributed by atoms with E-state index in [0.29, 0.717) is 24.6 Å². The predicted molar refractivity (Wildman–Crippen MR) is 50.7 cm³/mol. The number of hydrogen-bond acceptors (Lipinski definition) is 5. The number of halogens is 1. The van der Waals surface area contributed by atoms with Crippen molar-refractivity contribution < 1.29 is 8.91 Å². The molecular weight excluding hydrogens is 199 g/mol. The average Bonchev–Trinajstić information content (AvgIpc) is 2.71. The molecule has 2 rings (SSSR count). The van der Waals surface area contributed by atoms with E-state index in [9.17, 15) is 4.39 Å². The van der Waals surface area contributed by atoms with Gasteiger partial charge >= 0.3 is 0 Å². The number of anilines is 1. The second kappa shape index (κ2) is 4.50. The highest BCUT2D eigenvalue weighted by Gasteiger charge is 1.99. The molecule has 1 N–H and O–H groups in total. The number of nitrogens with zero attached hydrogens (tertiary/aromatic N) is 3. The Kier molecular flexibility index (Phi) is 2.87. The molecule has 0 radical (unpaired) electrons. The molecule has 0 saturated heterocycles. The van der Waals surface area contributed by atoms with Crippen LogP contribution in [0.5, 0.6) is 0 Å². The van der Waals surface area contributed by atoms with Crippen molar-refractivity contribution in [1.82, 2.24) is 15.1 Å². The second-order valence-corrected chi connectivity index (χ2v) is 2.87. The molecular formula is C9H9FN4O. The van der Waals surface area contributed by atoms with Gasteiger partial charge in [0.1, 0.15) is 5.82 Å². The van der Waals surface area contributed by atoms with Crippen molar-refractivity contribution in [2.24, 2.45) is 0 Å². The lowest BCUT2D eigenvalue weighted by atomic mass is 10.4. The maximum atomic E-state index is 12.7. The summed E-state index contributed by atoms with van der Waals surface area (Å²) in [5.41, 5.74) is 0. The number of rotatable bonds is 4. The Bertz CT molecular complexity index is 418. The van der Waals surface area contributed by atoms with E-state index >= 15 is 0 Å². The first-order valence-corrected chi connectivity index (χ1v) is 4.46. The molecule has 15 heavy (non-hydrogen) atoms. The van der Waals surface area contributed by atoms with Gasteiger partial charge in [0, 0.05) is 13.0 Å². The minimum atomic E-state index is -0.500. The maximum Gasteiger partial charge on any atom is 0.214 e. The minimum Gasteiger partial charge on any atom is -0.370 e. The van der Waals surface area contributed by atoms with Crippen LogP contribution in [-0.4, -0.2) is 21.7 Å². The van der Waals surface area contributed by atoms with Gasteiger partial charge in [-0.15, -0.1) is 0 Å². The number of pyridine rings is 1. The van der Waals surface area contributed by atoms with Gasteiger partial charge in [0.05, 0.1) is 0 Å². The highest BCUT2D eigenvalue weighted by atomic mass is 19.1. The first-order chi connectivity index (χ1) is 7.34. The Balaban J connectivity index is 1.83. The maximum absolute atomic E-state index is 12.7. The largest absolute Gasteiger partial charge is 0.370 e. The summed E-state index contributed by atoms with van der Waals surface area (Å²) in [5, 5.41) is 6.60. The zero-order valence-corrected chi connectivity index (χ0v) is 7.85. The van der Waals surface area contributed by atoms with E-state index in [1.54, 1.807) is 12.1 Å². The van der Waals surface area contributed by atoms with E-state index in [4.69, 9.17) is 0 Å². The SMILES string of the molecule is Fc1cccc(NCCc2ncon2)n1. The van der Waals surface area contributed by atoms with Gasteiger partial charge in [-0.1, -0.05) is 11.2 Å². The number of aromatic nitrogens is 3. The van der Waals surface area contributed by atoms with Gasteiger partial charge in [0.15, 0.2) is 5.82 Å². The van der Waals surface area contributed by atoms with Gasteiger partial charge < -0.3 is 9.84 Å². The summed E-state index contributed by atoms with van der Waals surface area (Å²) >= 11 is 0. The monoisotopic (exact) mass is 208 g/mol. The minimum absolute atomic E-state index is 0.499. The lowest BCUT2D eigenvalue weighted by Crippen LogP contribution is -2.07.